The van der Waals surface area contributed by atoms with Gasteiger partial charge in [0.05, 0.1) is 23.5 Å². The highest BCUT2D eigenvalue weighted by Gasteiger charge is 2.24. The summed E-state index contributed by atoms with van der Waals surface area (Å²) < 4.78 is 13.9. The van der Waals surface area contributed by atoms with Crippen LogP contribution >= 0.6 is 0 Å². The molecule has 0 radical (unpaired) electrons. The van der Waals surface area contributed by atoms with Crippen LogP contribution in [0.4, 0.5) is 10.2 Å². The number of benzene rings is 3. The molecule has 188 valence electrons. The highest BCUT2D eigenvalue weighted by molar-refractivity contribution is 5.93. The highest BCUT2D eigenvalue weighted by atomic mass is 19.1. The number of aromatic nitrogens is 2. The van der Waals surface area contributed by atoms with Crippen LogP contribution in [-0.4, -0.2) is 15.9 Å². The van der Waals surface area contributed by atoms with E-state index in [9.17, 15) is 9.18 Å². The van der Waals surface area contributed by atoms with Crippen molar-refractivity contribution in [3.63, 3.8) is 0 Å². The molecule has 1 N–H and O–H groups in total. The third-order valence-electron chi connectivity index (χ3n) is 7.94. The summed E-state index contributed by atoms with van der Waals surface area (Å²) >= 11 is 0. The number of carbonyl (C=O) groups excluding carboxylic acids is 1. The van der Waals surface area contributed by atoms with Gasteiger partial charge in [0.1, 0.15) is 5.82 Å². The van der Waals surface area contributed by atoms with Gasteiger partial charge in [-0.15, -0.1) is 0 Å². The number of aryl methyl sites for hydroxylation is 3. The molecule has 0 atom stereocenters. The summed E-state index contributed by atoms with van der Waals surface area (Å²) in [6.07, 6.45) is 10.0. The highest BCUT2D eigenvalue weighted by Crippen LogP contribution is 2.34. The number of rotatable bonds is 6. The van der Waals surface area contributed by atoms with Crippen LogP contribution in [0.3, 0.4) is 0 Å². The van der Waals surface area contributed by atoms with Gasteiger partial charge in [0.25, 0.3) is 0 Å². The van der Waals surface area contributed by atoms with E-state index < -0.39 is 0 Å². The first-order valence-electron chi connectivity index (χ1n) is 13.6. The molecule has 1 aromatic heterocycles. The van der Waals surface area contributed by atoms with Gasteiger partial charge in [-0.1, -0.05) is 74.6 Å². The monoisotopic (exact) mass is 493 g/mol. The van der Waals surface area contributed by atoms with E-state index in [2.05, 4.69) is 29.6 Å². The van der Waals surface area contributed by atoms with E-state index >= 15 is 0 Å². The summed E-state index contributed by atoms with van der Waals surface area (Å²) in [5.41, 5.74) is 5.47. The first kappa shape index (κ1) is 23.8. The average Bonchev–Trinajstić information content (AvgIpc) is 2.92. The quantitative estimate of drug-likeness (QED) is 0.308. The molecule has 0 saturated heterocycles. The number of halogens is 1. The van der Waals surface area contributed by atoms with Crippen LogP contribution < -0.4 is 5.32 Å². The van der Waals surface area contributed by atoms with E-state index in [4.69, 9.17) is 9.97 Å². The van der Waals surface area contributed by atoms with Crippen LogP contribution in [-0.2, 0) is 30.5 Å². The Bertz CT molecular complexity index is 1460. The minimum atomic E-state index is -0.217. The summed E-state index contributed by atoms with van der Waals surface area (Å²) in [6.45, 7) is 0. The lowest BCUT2D eigenvalue weighted by molar-refractivity contribution is -0.115. The molecule has 0 unspecified atom stereocenters. The van der Waals surface area contributed by atoms with Gasteiger partial charge in [0.2, 0.25) is 5.91 Å². The number of amides is 1. The largest absolute Gasteiger partial charge is 0.309 e. The van der Waals surface area contributed by atoms with E-state index in [1.54, 1.807) is 6.07 Å². The van der Waals surface area contributed by atoms with Crippen molar-refractivity contribution in [2.75, 3.05) is 5.32 Å². The zero-order valence-corrected chi connectivity index (χ0v) is 21.1. The van der Waals surface area contributed by atoms with Crippen LogP contribution in [0.25, 0.3) is 22.0 Å². The maximum atomic E-state index is 13.9. The molecule has 1 heterocycles. The average molecular weight is 494 g/mol. The van der Waals surface area contributed by atoms with Crippen molar-refractivity contribution in [2.45, 2.75) is 64.2 Å². The van der Waals surface area contributed by atoms with Crippen LogP contribution in [0.2, 0.25) is 0 Å². The maximum Gasteiger partial charge on any atom is 0.229 e. The topological polar surface area (TPSA) is 54.9 Å². The van der Waals surface area contributed by atoms with Crippen molar-refractivity contribution < 1.29 is 9.18 Å². The van der Waals surface area contributed by atoms with E-state index in [0.29, 0.717) is 18.2 Å². The van der Waals surface area contributed by atoms with E-state index in [1.165, 1.54) is 38.2 Å². The van der Waals surface area contributed by atoms with Gasteiger partial charge < -0.3 is 5.32 Å². The van der Waals surface area contributed by atoms with Crippen molar-refractivity contribution in [1.29, 1.82) is 0 Å². The Balaban J connectivity index is 1.27. The summed E-state index contributed by atoms with van der Waals surface area (Å²) in [6, 6.07) is 19.3. The predicted molar refractivity (Wildman–Crippen MR) is 146 cm³/mol. The smallest absolute Gasteiger partial charge is 0.229 e. The second kappa shape index (κ2) is 10.4. The zero-order chi connectivity index (χ0) is 25.2. The minimum absolute atomic E-state index is 0.0817. The Labute approximate surface area is 217 Å². The second-order valence-corrected chi connectivity index (χ2v) is 10.6. The predicted octanol–water partition coefficient (Wildman–Crippen LogP) is 7.23. The number of hydrogen-bond acceptors (Lipinski definition) is 3. The Kier molecular flexibility index (Phi) is 6.69. The SMILES string of the molecule is O=C(Cc1ccc2ccccc2c1)Nc1nc2c(nc1CCC1CCCCC1)-c1ccc(F)cc1CC2. The number of carbonyl (C=O) groups is 1. The van der Waals surface area contributed by atoms with Gasteiger partial charge >= 0.3 is 0 Å². The van der Waals surface area contributed by atoms with Crippen molar-refractivity contribution in [2.24, 2.45) is 5.92 Å². The molecule has 0 aliphatic heterocycles. The van der Waals surface area contributed by atoms with Crippen molar-refractivity contribution in [3.8, 4) is 11.3 Å². The molecule has 1 amide bonds. The van der Waals surface area contributed by atoms with Gasteiger partial charge in [0, 0.05) is 5.56 Å². The molecule has 6 rings (SSSR count). The van der Waals surface area contributed by atoms with E-state index in [1.807, 2.05) is 24.3 Å². The maximum absolute atomic E-state index is 13.9. The number of fused-ring (bicyclic) bond motifs is 4. The Morgan fingerprint density at radius 3 is 2.62 bits per heavy atom. The molecule has 37 heavy (non-hydrogen) atoms. The van der Waals surface area contributed by atoms with Gasteiger partial charge in [-0.3, -0.25) is 4.79 Å². The minimum Gasteiger partial charge on any atom is -0.309 e. The summed E-state index contributed by atoms with van der Waals surface area (Å²) in [7, 11) is 0. The molecular formula is C32H32FN3O. The Morgan fingerprint density at radius 1 is 0.919 bits per heavy atom. The third-order valence-corrected chi connectivity index (χ3v) is 7.94. The van der Waals surface area contributed by atoms with Gasteiger partial charge in [-0.25, -0.2) is 14.4 Å². The van der Waals surface area contributed by atoms with Crippen molar-refractivity contribution >= 4 is 22.5 Å². The molecule has 0 bridgehead atoms. The number of hydrogen-bond donors (Lipinski definition) is 1. The fourth-order valence-corrected chi connectivity index (χ4v) is 5.95. The normalized spacial score (nSPS) is 15.3. The third kappa shape index (κ3) is 5.27. The molecule has 4 aromatic rings. The molecule has 2 aliphatic rings. The van der Waals surface area contributed by atoms with Crippen molar-refractivity contribution in [3.05, 3.63) is 89.0 Å². The summed E-state index contributed by atoms with van der Waals surface area (Å²) in [5.74, 6) is 0.993. The van der Waals surface area contributed by atoms with Gasteiger partial charge in [-0.2, -0.15) is 0 Å². The van der Waals surface area contributed by atoms with Crippen LogP contribution in [0, 0.1) is 11.7 Å². The molecule has 2 aliphatic carbocycles. The Hall–Kier alpha value is -3.60. The molecule has 5 heteroatoms. The second-order valence-electron chi connectivity index (χ2n) is 10.6. The molecule has 1 fully saturated rings. The molecule has 0 spiro atoms. The van der Waals surface area contributed by atoms with E-state index in [-0.39, 0.29) is 18.1 Å². The van der Waals surface area contributed by atoms with Crippen LogP contribution in [0.1, 0.15) is 61.0 Å². The first-order chi connectivity index (χ1) is 18.1. The van der Waals surface area contributed by atoms with Gasteiger partial charge in [-0.05, 0) is 71.7 Å². The molecular weight excluding hydrogens is 461 g/mol. The van der Waals surface area contributed by atoms with Crippen molar-refractivity contribution in [1.82, 2.24) is 9.97 Å². The molecule has 3 aromatic carbocycles. The lowest BCUT2D eigenvalue weighted by Crippen LogP contribution is -2.20. The fraction of sp³-hybridized carbons (Fsp3) is 0.344. The van der Waals surface area contributed by atoms with Crippen LogP contribution in [0.15, 0.2) is 60.7 Å². The standard InChI is InChI=1S/C32H32FN3O/c33-26-14-15-27-25(20-26)13-17-28-31(27)34-29(16-11-21-6-2-1-3-7-21)32(35-28)36-30(37)19-22-10-12-23-8-4-5-9-24(23)18-22/h4-5,8-10,12,14-15,18,20-21H,1-3,6-7,11,13,16-17,19H2,(H,35,36,37). The molecule has 4 nitrogen and oxygen atoms in total. The summed E-state index contributed by atoms with van der Waals surface area (Å²) in [5, 5.41) is 5.40. The Morgan fingerprint density at radius 2 is 1.76 bits per heavy atom. The zero-order valence-electron chi connectivity index (χ0n) is 21.1. The number of anilines is 1. The fourth-order valence-electron chi connectivity index (χ4n) is 5.95. The first-order valence-corrected chi connectivity index (χ1v) is 13.6. The number of nitrogens with zero attached hydrogens (tertiary/aromatic N) is 2. The number of nitrogens with one attached hydrogen (secondary N) is 1. The lowest BCUT2D eigenvalue weighted by atomic mass is 9.85. The van der Waals surface area contributed by atoms with Gasteiger partial charge in [0.15, 0.2) is 5.82 Å². The molecule has 1 saturated carbocycles. The summed E-state index contributed by atoms with van der Waals surface area (Å²) in [4.78, 5) is 23.2. The van der Waals surface area contributed by atoms with Crippen LogP contribution in [0.5, 0.6) is 0 Å². The van der Waals surface area contributed by atoms with E-state index in [0.717, 1.165) is 63.8 Å². The lowest BCUT2D eigenvalue weighted by Gasteiger charge is -2.23.